The van der Waals surface area contributed by atoms with E-state index in [2.05, 4.69) is 15.2 Å². The lowest BCUT2D eigenvalue weighted by Crippen LogP contribution is -2.31. The van der Waals surface area contributed by atoms with E-state index in [9.17, 15) is 14.7 Å². The molecule has 1 aliphatic heterocycles. The van der Waals surface area contributed by atoms with Crippen LogP contribution in [0.5, 0.6) is 5.75 Å². The predicted molar refractivity (Wildman–Crippen MR) is 145 cm³/mol. The minimum absolute atomic E-state index is 0.0325. The van der Waals surface area contributed by atoms with Crippen molar-refractivity contribution < 1.29 is 19.4 Å². The van der Waals surface area contributed by atoms with Crippen molar-refractivity contribution in [1.29, 1.82) is 0 Å². The molecule has 2 aromatic carbocycles. The van der Waals surface area contributed by atoms with Gasteiger partial charge in [0.05, 0.1) is 28.3 Å². The molecule has 0 spiro atoms. The van der Waals surface area contributed by atoms with Gasteiger partial charge in [0.1, 0.15) is 11.8 Å². The van der Waals surface area contributed by atoms with Crippen LogP contribution in [-0.2, 0) is 10.5 Å². The number of thioether (sulfide) groups is 1. The summed E-state index contributed by atoms with van der Waals surface area (Å²) in [4.78, 5) is 33.3. The molecule has 4 aromatic rings. The monoisotopic (exact) mass is 550 g/mol. The molecular formula is C26H22N4O4S3. The number of ether oxygens (including phenoxy) is 1. The zero-order valence-corrected chi connectivity index (χ0v) is 22.6. The van der Waals surface area contributed by atoms with Crippen LogP contribution < -0.4 is 9.64 Å². The van der Waals surface area contributed by atoms with Crippen molar-refractivity contribution in [3.8, 4) is 5.75 Å². The number of para-hydroxylation sites is 1. The van der Waals surface area contributed by atoms with Crippen LogP contribution in [0.1, 0.15) is 37.5 Å². The fourth-order valence-corrected chi connectivity index (χ4v) is 6.86. The van der Waals surface area contributed by atoms with Crippen molar-refractivity contribution in [3.05, 3.63) is 92.6 Å². The second-order valence-electron chi connectivity index (χ2n) is 8.18. The van der Waals surface area contributed by atoms with E-state index >= 15 is 0 Å². The summed E-state index contributed by atoms with van der Waals surface area (Å²) < 4.78 is 6.23. The summed E-state index contributed by atoms with van der Waals surface area (Å²) in [6.45, 7) is 3.55. The Kier molecular flexibility index (Phi) is 7.09. The van der Waals surface area contributed by atoms with Crippen LogP contribution in [0.3, 0.4) is 0 Å². The molecule has 0 saturated heterocycles. The van der Waals surface area contributed by atoms with E-state index < -0.39 is 23.5 Å². The first-order valence-corrected chi connectivity index (χ1v) is 13.9. The minimum atomic E-state index is -0.946. The largest absolute Gasteiger partial charge is 0.503 e. The van der Waals surface area contributed by atoms with Gasteiger partial charge in [-0.15, -0.1) is 21.5 Å². The van der Waals surface area contributed by atoms with Crippen LogP contribution in [0.15, 0.2) is 70.3 Å². The normalized spacial score (nSPS) is 15.5. The van der Waals surface area contributed by atoms with Crippen LogP contribution in [0.25, 0.3) is 0 Å². The number of hydrogen-bond acceptors (Lipinski definition) is 10. The molecule has 0 saturated carbocycles. The number of methoxy groups -OCH3 is 1. The van der Waals surface area contributed by atoms with E-state index in [-0.39, 0.29) is 10.7 Å². The first-order valence-electron chi connectivity index (χ1n) is 11.3. The van der Waals surface area contributed by atoms with Crippen LogP contribution >= 0.6 is 34.4 Å². The van der Waals surface area contributed by atoms with E-state index in [1.54, 1.807) is 31.2 Å². The highest BCUT2D eigenvalue weighted by Crippen LogP contribution is 2.46. The molecule has 1 atom stereocenters. The number of carbonyl (C=O) groups excluding carboxylic acids is 2. The summed E-state index contributed by atoms with van der Waals surface area (Å²) in [6.07, 6.45) is 0. The number of carbonyl (C=O) groups is 2. The van der Waals surface area contributed by atoms with Gasteiger partial charge in [0.15, 0.2) is 10.1 Å². The van der Waals surface area contributed by atoms with Gasteiger partial charge in [-0.1, -0.05) is 71.6 Å². The van der Waals surface area contributed by atoms with Gasteiger partial charge in [-0.25, -0.2) is 4.98 Å². The highest BCUT2D eigenvalue weighted by Gasteiger charge is 2.47. The number of aryl methyl sites for hydroxylation is 2. The number of ketones is 1. The van der Waals surface area contributed by atoms with Gasteiger partial charge in [-0.3, -0.25) is 14.5 Å². The van der Waals surface area contributed by atoms with E-state index in [0.717, 1.165) is 10.6 Å². The summed E-state index contributed by atoms with van der Waals surface area (Å²) in [7, 11) is 1.52. The SMILES string of the molecule is COc1ccccc1C1C(C(=O)c2sc(C)nc2C)=C(O)C(=O)N1c1nnc(SCc2ccccc2)s1. The molecule has 188 valence electrons. The lowest BCUT2D eigenvalue weighted by Gasteiger charge is -2.25. The van der Waals surface area contributed by atoms with Gasteiger partial charge in [0.25, 0.3) is 5.91 Å². The summed E-state index contributed by atoms with van der Waals surface area (Å²) in [6, 6.07) is 16.1. The topological polar surface area (TPSA) is 106 Å². The molecule has 11 heteroatoms. The second-order valence-corrected chi connectivity index (χ2v) is 11.6. The van der Waals surface area contributed by atoms with Gasteiger partial charge in [-0.05, 0) is 25.5 Å². The number of hydrogen-bond donors (Lipinski definition) is 1. The number of benzene rings is 2. The predicted octanol–water partition coefficient (Wildman–Crippen LogP) is 5.70. The molecule has 37 heavy (non-hydrogen) atoms. The Morgan fingerprint density at radius 2 is 1.81 bits per heavy atom. The van der Waals surface area contributed by atoms with Gasteiger partial charge >= 0.3 is 0 Å². The molecule has 2 aromatic heterocycles. The molecule has 5 rings (SSSR count). The Labute approximate surface area is 225 Å². The molecule has 1 N–H and O–H groups in total. The first-order chi connectivity index (χ1) is 17.9. The van der Waals surface area contributed by atoms with Crippen molar-refractivity contribution in [2.45, 2.75) is 30.0 Å². The van der Waals surface area contributed by atoms with E-state index in [0.29, 0.717) is 32.0 Å². The fraction of sp³-hybridized carbons (Fsp3) is 0.192. The third-order valence-electron chi connectivity index (χ3n) is 5.80. The molecule has 3 heterocycles. The van der Waals surface area contributed by atoms with Crippen molar-refractivity contribution in [2.75, 3.05) is 12.0 Å². The van der Waals surface area contributed by atoms with Crippen LogP contribution in [-0.4, -0.2) is 39.1 Å². The fourth-order valence-electron chi connectivity index (χ4n) is 4.16. The molecule has 1 aliphatic rings. The average Bonchev–Trinajstić information content (AvgIpc) is 3.58. The number of rotatable bonds is 8. The maximum atomic E-state index is 13.8. The third-order valence-corrected chi connectivity index (χ3v) is 9.00. The minimum Gasteiger partial charge on any atom is -0.503 e. The Morgan fingerprint density at radius 3 is 2.51 bits per heavy atom. The van der Waals surface area contributed by atoms with Gasteiger partial charge in [0, 0.05) is 11.3 Å². The highest BCUT2D eigenvalue weighted by atomic mass is 32.2. The molecule has 0 fully saturated rings. The smallest absolute Gasteiger partial charge is 0.296 e. The summed E-state index contributed by atoms with van der Waals surface area (Å²) >= 11 is 3.96. The molecular weight excluding hydrogens is 529 g/mol. The molecule has 0 radical (unpaired) electrons. The van der Waals surface area contributed by atoms with E-state index in [1.165, 1.54) is 46.4 Å². The number of amides is 1. The van der Waals surface area contributed by atoms with Crippen molar-refractivity contribution >= 4 is 51.3 Å². The zero-order valence-electron chi connectivity index (χ0n) is 20.2. The summed E-state index contributed by atoms with van der Waals surface area (Å²) in [5.41, 5.74) is 2.21. The van der Waals surface area contributed by atoms with Crippen LogP contribution in [0, 0.1) is 13.8 Å². The Bertz CT molecular complexity index is 1510. The number of aliphatic hydroxyl groups is 1. The van der Waals surface area contributed by atoms with E-state index in [1.807, 2.05) is 37.3 Å². The van der Waals surface area contributed by atoms with Gasteiger partial charge in [0.2, 0.25) is 10.9 Å². The lowest BCUT2D eigenvalue weighted by atomic mass is 9.94. The Balaban J connectivity index is 1.55. The van der Waals surface area contributed by atoms with Crippen molar-refractivity contribution in [1.82, 2.24) is 15.2 Å². The molecule has 8 nitrogen and oxygen atoms in total. The number of anilines is 1. The first kappa shape index (κ1) is 25.1. The molecule has 0 bridgehead atoms. The Morgan fingerprint density at radius 1 is 1.08 bits per heavy atom. The number of aromatic nitrogens is 3. The Hall–Kier alpha value is -3.54. The number of aliphatic hydroxyl groups excluding tert-OH is 1. The van der Waals surface area contributed by atoms with Gasteiger partial charge in [-0.2, -0.15) is 0 Å². The van der Waals surface area contributed by atoms with E-state index in [4.69, 9.17) is 4.74 Å². The number of thiazole rings is 1. The van der Waals surface area contributed by atoms with Crippen molar-refractivity contribution in [3.63, 3.8) is 0 Å². The van der Waals surface area contributed by atoms with Gasteiger partial charge < -0.3 is 9.84 Å². The summed E-state index contributed by atoms with van der Waals surface area (Å²) in [5, 5.41) is 20.6. The van der Waals surface area contributed by atoms with Crippen molar-refractivity contribution in [2.24, 2.45) is 0 Å². The highest BCUT2D eigenvalue weighted by molar-refractivity contribution is 8.00. The molecule has 1 amide bonds. The molecule has 0 aliphatic carbocycles. The number of nitrogens with zero attached hydrogens (tertiary/aromatic N) is 4. The maximum absolute atomic E-state index is 13.8. The summed E-state index contributed by atoms with van der Waals surface area (Å²) in [5.74, 6) is -0.605. The standard InChI is InChI=1S/C26H22N4O4S3/c1-14-23(36-15(2)27-14)21(31)19-20(17-11-7-8-12-18(17)34-3)30(24(33)22(19)32)25-28-29-26(37-25)35-13-16-9-5-4-6-10-16/h4-12,20,32H,13H2,1-3H3. The third kappa shape index (κ3) is 4.77. The zero-order chi connectivity index (χ0) is 26.1. The van der Waals surface area contributed by atoms with Crippen LogP contribution in [0.4, 0.5) is 5.13 Å². The second kappa shape index (κ2) is 10.4. The average molecular weight is 551 g/mol. The lowest BCUT2D eigenvalue weighted by molar-refractivity contribution is -0.117. The number of Topliss-reactive ketones (excluding diaryl/α,β-unsaturated/α-hetero) is 1. The maximum Gasteiger partial charge on any atom is 0.296 e. The quantitative estimate of drug-likeness (QED) is 0.169. The molecule has 1 unspecified atom stereocenters. The van der Waals surface area contributed by atoms with Crippen LogP contribution in [0.2, 0.25) is 0 Å².